The van der Waals surface area contributed by atoms with Crippen molar-refractivity contribution in [3.05, 3.63) is 178 Å². The van der Waals surface area contributed by atoms with Crippen molar-refractivity contribution in [2.24, 2.45) is 16.7 Å². The zero-order valence-electron chi connectivity index (χ0n) is 29.4. The van der Waals surface area contributed by atoms with Gasteiger partial charge in [-0.05, 0) is 91.6 Å². The van der Waals surface area contributed by atoms with Gasteiger partial charge in [-0.15, -0.1) is 11.3 Å². The summed E-state index contributed by atoms with van der Waals surface area (Å²) in [5, 5.41) is 6.70. The molecular weight excluding hydrogens is 635 g/mol. The Balaban J connectivity index is 1.11. The smallest absolute Gasteiger partial charge is 0.0544 e. The van der Waals surface area contributed by atoms with Crippen LogP contribution in [0.5, 0.6) is 0 Å². The fraction of sp³-hybridized carbons (Fsp3) is 0.184. The van der Waals surface area contributed by atoms with Crippen molar-refractivity contribution >= 4 is 65.6 Å². The summed E-state index contributed by atoms with van der Waals surface area (Å²) in [6.07, 6.45) is 24.0. The monoisotopic (exact) mass is 673 g/mol. The van der Waals surface area contributed by atoms with Gasteiger partial charge in [0.2, 0.25) is 0 Å². The quantitative estimate of drug-likeness (QED) is 0.172. The van der Waals surface area contributed by atoms with Gasteiger partial charge >= 0.3 is 0 Å². The molecule has 11 rings (SSSR count). The SMILES string of the molecule is CC12C=C(n3c4ccccc4c4cc5c(cc43)C(C)(C)C3(C)C=C(c4cc6ccccc6s4)C=CC53)C=CC1=c1ccccc1=C1C=CC=CC12. The molecule has 0 saturated heterocycles. The van der Waals surface area contributed by atoms with E-state index in [2.05, 4.69) is 184 Å². The fourth-order valence-electron chi connectivity index (χ4n) is 10.4. The van der Waals surface area contributed by atoms with Crippen LogP contribution in [-0.2, 0) is 5.41 Å². The topological polar surface area (TPSA) is 4.93 Å². The minimum Gasteiger partial charge on any atom is -0.310 e. The van der Waals surface area contributed by atoms with Crippen molar-refractivity contribution in [2.75, 3.05) is 0 Å². The van der Waals surface area contributed by atoms with Gasteiger partial charge in [0.1, 0.15) is 0 Å². The molecule has 2 heterocycles. The van der Waals surface area contributed by atoms with Gasteiger partial charge in [-0.2, -0.15) is 0 Å². The average Bonchev–Trinajstić information content (AvgIpc) is 3.78. The van der Waals surface area contributed by atoms with Crippen LogP contribution in [-0.4, -0.2) is 4.57 Å². The Hall–Kier alpha value is -5.18. The van der Waals surface area contributed by atoms with Crippen LogP contribution in [0.4, 0.5) is 0 Å². The van der Waals surface area contributed by atoms with Crippen LogP contribution in [0.1, 0.15) is 49.6 Å². The summed E-state index contributed by atoms with van der Waals surface area (Å²) in [5.74, 6) is 0.597. The number of benzene rings is 4. The maximum atomic E-state index is 2.60. The second kappa shape index (κ2) is 9.99. The second-order valence-corrected chi connectivity index (χ2v) is 17.2. The highest BCUT2D eigenvalue weighted by molar-refractivity contribution is 7.20. The summed E-state index contributed by atoms with van der Waals surface area (Å²) in [4.78, 5) is 1.36. The van der Waals surface area contributed by atoms with Crippen molar-refractivity contribution in [2.45, 2.75) is 39.0 Å². The zero-order valence-corrected chi connectivity index (χ0v) is 30.3. The van der Waals surface area contributed by atoms with E-state index in [9.17, 15) is 0 Å². The molecule has 0 fully saturated rings. The number of hydrogen-bond donors (Lipinski definition) is 0. The Labute approximate surface area is 302 Å². The van der Waals surface area contributed by atoms with Crippen LogP contribution in [0.15, 0.2) is 152 Å². The van der Waals surface area contributed by atoms with Crippen molar-refractivity contribution in [3.63, 3.8) is 0 Å². The Morgan fingerprint density at radius 1 is 0.647 bits per heavy atom. The van der Waals surface area contributed by atoms with E-state index in [-0.39, 0.29) is 22.2 Å². The Morgan fingerprint density at radius 3 is 2.33 bits per heavy atom. The number of hydrogen-bond acceptors (Lipinski definition) is 1. The fourth-order valence-corrected chi connectivity index (χ4v) is 11.4. The molecule has 0 aliphatic heterocycles. The lowest BCUT2D eigenvalue weighted by atomic mass is 9.61. The molecule has 0 N–H and O–H groups in total. The zero-order chi connectivity index (χ0) is 34.3. The average molecular weight is 674 g/mol. The number of aromatic nitrogens is 1. The summed E-state index contributed by atoms with van der Waals surface area (Å²) in [6.45, 7) is 9.90. The van der Waals surface area contributed by atoms with Gasteiger partial charge in [-0.25, -0.2) is 0 Å². The lowest BCUT2D eigenvalue weighted by molar-refractivity contribution is 0.246. The second-order valence-electron chi connectivity index (χ2n) is 16.1. The Bertz CT molecular complexity index is 2840. The molecule has 4 unspecified atom stereocenters. The number of para-hydroxylation sites is 1. The van der Waals surface area contributed by atoms with E-state index in [4.69, 9.17) is 0 Å². The molecule has 1 nitrogen and oxygen atoms in total. The minimum atomic E-state index is -0.177. The number of rotatable bonds is 2. The number of allylic oxidation sites excluding steroid dienone is 12. The van der Waals surface area contributed by atoms with E-state index in [1.807, 2.05) is 11.3 Å². The van der Waals surface area contributed by atoms with Crippen molar-refractivity contribution in [1.29, 1.82) is 0 Å². The van der Waals surface area contributed by atoms with Gasteiger partial charge < -0.3 is 4.57 Å². The van der Waals surface area contributed by atoms with E-state index in [0.717, 1.165) is 0 Å². The third-order valence-corrected chi connectivity index (χ3v) is 14.6. The van der Waals surface area contributed by atoms with Gasteiger partial charge in [0.15, 0.2) is 0 Å². The summed E-state index contributed by atoms with van der Waals surface area (Å²) in [6, 6.07) is 34.2. The van der Waals surface area contributed by atoms with Crippen LogP contribution >= 0.6 is 11.3 Å². The highest BCUT2D eigenvalue weighted by Crippen LogP contribution is 2.63. The molecule has 5 aliphatic rings. The van der Waals surface area contributed by atoms with Crippen LogP contribution in [0.3, 0.4) is 0 Å². The molecule has 246 valence electrons. The summed E-state index contributed by atoms with van der Waals surface area (Å²) in [7, 11) is 0. The Kier molecular flexibility index (Phi) is 5.79. The van der Waals surface area contributed by atoms with Crippen LogP contribution in [0.25, 0.3) is 54.3 Å². The van der Waals surface area contributed by atoms with Gasteiger partial charge in [0.05, 0.1) is 11.0 Å². The molecular formula is C49H39NS. The molecule has 0 bridgehead atoms. The molecule has 0 spiro atoms. The number of nitrogens with zero attached hydrogens (tertiary/aromatic N) is 1. The molecule has 2 heteroatoms. The summed E-state index contributed by atoms with van der Waals surface area (Å²) < 4.78 is 3.91. The third-order valence-electron chi connectivity index (χ3n) is 13.4. The maximum absolute atomic E-state index is 2.60. The molecule has 51 heavy (non-hydrogen) atoms. The normalized spacial score (nSPS) is 26.6. The van der Waals surface area contributed by atoms with Gasteiger partial charge in [0.25, 0.3) is 0 Å². The predicted molar refractivity (Wildman–Crippen MR) is 218 cm³/mol. The van der Waals surface area contributed by atoms with Gasteiger partial charge in [0, 0.05) is 48.7 Å². The van der Waals surface area contributed by atoms with E-state index in [1.54, 1.807) is 0 Å². The van der Waals surface area contributed by atoms with E-state index < -0.39 is 0 Å². The largest absolute Gasteiger partial charge is 0.310 e. The molecule has 4 aromatic carbocycles. The molecule has 5 aliphatic carbocycles. The Morgan fingerprint density at radius 2 is 1.45 bits per heavy atom. The molecule has 6 aromatic rings. The van der Waals surface area contributed by atoms with Crippen molar-refractivity contribution < 1.29 is 0 Å². The van der Waals surface area contributed by atoms with E-state index >= 15 is 0 Å². The maximum Gasteiger partial charge on any atom is 0.0544 e. The molecule has 4 atom stereocenters. The van der Waals surface area contributed by atoms with Crippen molar-refractivity contribution in [3.8, 4) is 0 Å². The minimum absolute atomic E-state index is 0.0566. The van der Waals surface area contributed by atoms with Crippen LogP contribution in [0.2, 0.25) is 0 Å². The van der Waals surface area contributed by atoms with Crippen LogP contribution in [0, 0.1) is 16.7 Å². The highest BCUT2D eigenvalue weighted by Gasteiger charge is 2.54. The lowest BCUT2D eigenvalue weighted by Gasteiger charge is -2.42. The highest BCUT2D eigenvalue weighted by atomic mass is 32.1. The van der Waals surface area contributed by atoms with Crippen LogP contribution < -0.4 is 10.4 Å². The first-order valence-corrected chi connectivity index (χ1v) is 19.2. The first-order chi connectivity index (χ1) is 24.8. The van der Waals surface area contributed by atoms with Crippen molar-refractivity contribution in [1.82, 2.24) is 4.57 Å². The first kappa shape index (κ1) is 29.5. The van der Waals surface area contributed by atoms with Gasteiger partial charge in [-0.1, -0.05) is 137 Å². The predicted octanol–water partition coefficient (Wildman–Crippen LogP) is 11.2. The standard InChI is InChI=1S/C49H39NS/c1-47(2)42-27-44-37(26-38(42)41-23-21-31(28-49(41,47)4)46-25-30-13-5-12-20-45(30)51-46)36-17-9-11-19-43(36)50(44)32-22-24-40-35-15-7-6-14-33(35)34-16-8-10-18-39(34)48(40,3)29-32/h5-29,39,41H,1-4H3. The third kappa shape index (κ3) is 3.76. The summed E-state index contributed by atoms with van der Waals surface area (Å²) >= 11 is 1.91. The lowest BCUT2D eigenvalue weighted by Crippen LogP contribution is -2.44. The number of fused-ring (bicyclic) bond motifs is 11. The molecule has 0 amide bonds. The number of thiophene rings is 1. The first-order valence-electron chi connectivity index (χ1n) is 18.3. The molecule has 0 radical (unpaired) electrons. The molecule has 2 aromatic heterocycles. The molecule has 0 saturated carbocycles. The van der Waals surface area contributed by atoms with E-state index in [1.165, 1.54) is 80.7 Å². The summed E-state index contributed by atoms with van der Waals surface area (Å²) in [5.41, 5.74) is 10.6. The van der Waals surface area contributed by atoms with E-state index in [0.29, 0.717) is 5.92 Å². The van der Waals surface area contributed by atoms with Gasteiger partial charge in [-0.3, -0.25) is 0 Å².